The second-order valence-electron chi connectivity index (χ2n) is 4.59. The molecule has 5 heteroatoms. The van der Waals surface area contributed by atoms with Gasteiger partial charge in [-0.05, 0) is 30.3 Å². The van der Waals surface area contributed by atoms with Crippen molar-refractivity contribution >= 4 is 28.9 Å². The number of aryl methyl sites for hydroxylation is 1. The number of benzene rings is 1. The summed E-state index contributed by atoms with van der Waals surface area (Å²) in [5.41, 5.74) is 2.20. The monoisotopic (exact) mass is 279 g/mol. The number of carbonyl (C=O) groups is 1. The van der Waals surface area contributed by atoms with E-state index in [1.807, 2.05) is 25.2 Å². The summed E-state index contributed by atoms with van der Waals surface area (Å²) in [5, 5.41) is 3.74. The average molecular weight is 279 g/mol. The molecule has 0 heterocycles. The first-order chi connectivity index (χ1) is 8.95. The van der Waals surface area contributed by atoms with Gasteiger partial charge in [-0.2, -0.15) is 0 Å². The maximum absolute atomic E-state index is 11.6. The number of hydrogen-bond donors (Lipinski definition) is 1. The number of thiocarbonyl (C=S) groups is 1. The van der Waals surface area contributed by atoms with Crippen LogP contribution in [-0.2, 0) is 11.2 Å². The van der Waals surface area contributed by atoms with E-state index in [1.165, 1.54) is 5.56 Å². The van der Waals surface area contributed by atoms with Gasteiger partial charge < -0.3 is 15.1 Å². The van der Waals surface area contributed by atoms with Gasteiger partial charge in [0.25, 0.3) is 0 Å². The fraction of sp³-hybridized carbons (Fsp3) is 0.429. The standard InChI is InChI=1S/C14H21N3OS/c1-5-11-8-6-7-9-12(11)15-14(19)17(4)10-13(18)16(2)3/h6-9H,5,10H2,1-4H3,(H,15,19). The number of nitrogens with zero attached hydrogens (tertiary/aromatic N) is 2. The van der Waals surface area contributed by atoms with Gasteiger partial charge in [0.2, 0.25) is 5.91 Å². The van der Waals surface area contributed by atoms with E-state index >= 15 is 0 Å². The molecule has 1 aromatic carbocycles. The molecule has 0 aliphatic heterocycles. The number of likely N-dealkylation sites (N-methyl/N-ethyl adjacent to an activating group) is 2. The molecule has 0 aliphatic rings. The summed E-state index contributed by atoms with van der Waals surface area (Å²) >= 11 is 5.32. The molecule has 19 heavy (non-hydrogen) atoms. The maximum Gasteiger partial charge on any atom is 0.241 e. The fourth-order valence-corrected chi connectivity index (χ4v) is 1.75. The zero-order valence-corrected chi connectivity index (χ0v) is 12.8. The summed E-state index contributed by atoms with van der Waals surface area (Å²) in [7, 11) is 5.28. The second kappa shape index (κ2) is 7.09. The van der Waals surface area contributed by atoms with Crippen molar-refractivity contribution in [1.82, 2.24) is 9.80 Å². The van der Waals surface area contributed by atoms with Crippen LogP contribution in [0.3, 0.4) is 0 Å². The molecule has 0 radical (unpaired) electrons. The van der Waals surface area contributed by atoms with Gasteiger partial charge in [0.05, 0.1) is 6.54 Å². The lowest BCUT2D eigenvalue weighted by Gasteiger charge is -2.23. The Morgan fingerprint density at radius 3 is 2.47 bits per heavy atom. The van der Waals surface area contributed by atoms with E-state index in [1.54, 1.807) is 23.9 Å². The van der Waals surface area contributed by atoms with Crippen LogP contribution in [0.5, 0.6) is 0 Å². The number of rotatable bonds is 4. The van der Waals surface area contributed by atoms with Crippen molar-refractivity contribution in [1.29, 1.82) is 0 Å². The third kappa shape index (κ3) is 4.52. The predicted molar refractivity (Wildman–Crippen MR) is 83.4 cm³/mol. The molecule has 0 aliphatic carbocycles. The third-order valence-electron chi connectivity index (χ3n) is 2.86. The van der Waals surface area contributed by atoms with Gasteiger partial charge in [0, 0.05) is 26.8 Å². The van der Waals surface area contributed by atoms with Gasteiger partial charge in [-0.3, -0.25) is 4.79 Å². The normalized spacial score (nSPS) is 9.89. The van der Waals surface area contributed by atoms with Gasteiger partial charge in [0.1, 0.15) is 0 Å². The lowest BCUT2D eigenvalue weighted by atomic mass is 10.1. The van der Waals surface area contributed by atoms with E-state index in [0.29, 0.717) is 5.11 Å². The lowest BCUT2D eigenvalue weighted by molar-refractivity contribution is -0.128. The molecule has 104 valence electrons. The van der Waals surface area contributed by atoms with E-state index in [2.05, 4.69) is 18.3 Å². The summed E-state index contributed by atoms with van der Waals surface area (Å²) in [6, 6.07) is 8.03. The second-order valence-corrected chi connectivity index (χ2v) is 4.97. The molecule has 0 spiro atoms. The molecule has 0 unspecified atom stereocenters. The summed E-state index contributed by atoms with van der Waals surface area (Å²) in [6.07, 6.45) is 0.937. The van der Waals surface area contributed by atoms with Crippen LogP contribution >= 0.6 is 12.2 Å². The number of amides is 1. The molecule has 0 bridgehead atoms. The number of nitrogens with one attached hydrogen (secondary N) is 1. The number of hydrogen-bond acceptors (Lipinski definition) is 2. The van der Waals surface area contributed by atoms with Gasteiger partial charge in [-0.15, -0.1) is 0 Å². The third-order valence-corrected chi connectivity index (χ3v) is 3.27. The highest BCUT2D eigenvalue weighted by atomic mass is 32.1. The Morgan fingerprint density at radius 1 is 1.26 bits per heavy atom. The average Bonchev–Trinajstić information content (AvgIpc) is 2.38. The fourth-order valence-electron chi connectivity index (χ4n) is 1.58. The summed E-state index contributed by atoms with van der Waals surface area (Å²) in [6.45, 7) is 2.37. The quantitative estimate of drug-likeness (QED) is 0.855. The molecular weight excluding hydrogens is 258 g/mol. The summed E-state index contributed by atoms with van der Waals surface area (Å²) in [5.74, 6) is 0.0235. The van der Waals surface area contributed by atoms with Gasteiger partial charge in [-0.25, -0.2) is 0 Å². The maximum atomic E-state index is 11.6. The molecule has 1 aromatic rings. The molecule has 0 atom stereocenters. The predicted octanol–water partition coefficient (Wildman–Crippen LogP) is 1.97. The molecule has 1 amide bonds. The summed E-state index contributed by atoms with van der Waals surface area (Å²) in [4.78, 5) is 14.9. The molecular formula is C14H21N3OS. The molecule has 0 fully saturated rings. The van der Waals surface area contributed by atoms with Crippen molar-refractivity contribution < 1.29 is 4.79 Å². The largest absolute Gasteiger partial charge is 0.347 e. The Balaban J connectivity index is 2.66. The van der Waals surface area contributed by atoms with Crippen LogP contribution in [0.4, 0.5) is 5.69 Å². The van der Waals surface area contributed by atoms with Gasteiger partial charge in [0.15, 0.2) is 5.11 Å². The Bertz CT molecular complexity index is 460. The van der Waals surface area contributed by atoms with Crippen LogP contribution in [0.1, 0.15) is 12.5 Å². The Kier molecular flexibility index (Phi) is 5.76. The van der Waals surface area contributed by atoms with Gasteiger partial charge in [-0.1, -0.05) is 25.1 Å². The Hall–Kier alpha value is -1.62. The van der Waals surface area contributed by atoms with E-state index in [0.717, 1.165) is 12.1 Å². The van der Waals surface area contributed by atoms with Crippen LogP contribution in [0.15, 0.2) is 24.3 Å². The summed E-state index contributed by atoms with van der Waals surface area (Å²) < 4.78 is 0. The van der Waals surface area contributed by atoms with Crippen LogP contribution < -0.4 is 5.32 Å². The van der Waals surface area contributed by atoms with E-state index in [4.69, 9.17) is 12.2 Å². The molecule has 4 nitrogen and oxygen atoms in total. The minimum atomic E-state index is 0.0235. The molecule has 0 saturated carbocycles. The lowest BCUT2D eigenvalue weighted by Crippen LogP contribution is -2.39. The number of para-hydroxylation sites is 1. The minimum absolute atomic E-state index is 0.0235. The van der Waals surface area contributed by atoms with Crippen LogP contribution in [0.25, 0.3) is 0 Å². The van der Waals surface area contributed by atoms with Crippen LogP contribution in [0.2, 0.25) is 0 Å². The first-order valence-corrected chi connectivity index (χ1v) is 6.66. The number of carbonyl (C=O) groups excluding carboxylic acids is 1. The topological polar surface area (TPSA) is 35.6 Å². The highest BCUT2D eigenvalue weighted by molar-refractivity contribution is 7.80. The highest BCUT2D eigenvalue weighted by Gasteiger charge is 2.12. The zero-order valence-electron chi connectivity index (χ0n) is 11.9. The van der Waals surface area contributed by atoms with E-state index < -0.39 is 0 Å². The zero-order chi connectivity index (χ0) is 14.4. The van der Waals surface area contributed by atoms with Crippen molar-refractivity contribution in [2.24, 2.45) is 0 Å². The van der Waals surface area contributed by atoms with Crippen molar-refractivity contribution in [2.75, 3.05) is 33.0 Å². The van der Waals surface area contributed by atoms with Crippen molar-refractivity contribution in [3.05, 3.63) is 29.8 Å². The highest BCUT2D eigenvalue weighted by Crippen LogP contribution is 2.15. The molecule has 0 saturated heterocycles. The van der Waals surface area contributed by atoms with E-state index in [-0.39, 0.29) is 12.5 Å². The Morgan fingerprint density at radius 2 is 1.89 bits per heavy atom. The number of anilines is 1. The SMILES string of the molecule is CCc1ccccc1NC(=S)N(C)CC(=O)N(C)C. The van der Waals surface area contributed by atoms with Crippen molar-refractivity contribution in [3.63, 3.8) is 0 Å². The van der Waals surface area contributed by atoms with Crippen LogP contribution in [-0.4, -0.2) is 48.5 Å². The van der Waals surface area contributed by atoms with Gasteiger partial charge >= 0.3 is 0 Å². The van der Waals surface area contributed by atoms with Crippen molar-refractivity contribution in [3.8, 4) is 0 Å². The van der Waals surface area contributed by atoms with Crippen LogP contribution in [0, 0.1) is 0 Å². The Labute approximate surface area is 120 Å². The smallest absolute Gasteiger partial charge is 0.241 e. The van der Waals surface area contributed by atoms with Crippen molar-refractivity contribution in [2.45, 2.75) is 13.3 Å². The molecule has 1 rings (SSSR count). The molecule has 1 N–H and O–H groups in total. The minimum Gasteiger partial charge on any atom is -0.347 e. The molecule has 0 aromatic heterocycles. The van der Waals surface area contributed by atoms with E-state index in [9.17, 15) is 4.79 Å². The first-order valence-electron chi connectivity index (χ1n) is 6.25. The first kappa shape index (κ1) is 15.4.